The summed E-state index contributed by atoms with van der Waals surface area (Å²) in [6, 6.07) is 14.1. The van der Waals surface area contributed by atoms with Crippen LogP contribution in [-0.2, 0) is 0 Å². The zero-order valence-corrected chi connectivity index (χ0v) is 20.2. The average molecular weight is 496 g/mol. The number of hydrogen-bond donors (Lipinski definition) is 1. The molecule has 1 aromatic heterocycles. The predicted octanol–water partition coefficient (Wildman–Crippen LogP) is 2.84. The van der Waals surface area contributed by atoms with Crippen molar-refractivity contribution < 1.29 is 14.2 Å². The van der Waals surface area contributed by atoms with E-state index >= 15 is 0 Å². The van der Waals surface area contributed by atoms with Crippen LogP contribution in [0, 0.1) is 11.3 Å². The first-order chi connectivity index (χ1) is 13.3. The molecule has 154 valence electrons. The fraction of sp³-hybridized carbons (Fsp3) is 0.476. The molecule has 0 saturated heterocycles. The van der Waals surface area contributed by atoms with Crippen LogP contribution in [0.4, 0.5) is 0 Å². The minimum atomic E-state index is -1.44. The van der Waals surface area contributed by atoms with Crippen LogP contribution >= 0.6 is 0 Å². The normalized spacial score (nSPS) is 17.0. The van der Waals surface area contributed by atoms with Gasteiger partial charge >= 0.3 is 75.3 Å². The molecule has 0 radical (unpaired) electrons. The molecule has 6 nitrogen and oxygen atoms in total. The quantitative estimate of drug-likeness (QED) is 0.362. The molecule has 1 aliphatic rings. The van der Waals surface area contributed by atoms with Gasteiger partial charge in [-0.25, -0.2) is 0 Å². The maximum absolute atomic E-state index is 5.74. The second-order valence-corrected chi connectivity index (χ2v) is 13.8. The molecule has 2 N–H and O–H groups in total. The van der Waals surface area contributed by atoms with Crippen LogP contribution in [0.5, 0.6) is 17.5 Å². The van der Waals surface area contributed by atoms with Gasteiger partial charge in [0, 0.05) is 6.07 Å². The summed E-state index contributed by atoms with van der Waals surface area (Å²) in [6.45, 7) is 5.23. The van der Waals surface area contributed by atoms with E-state index < -0.39 is 20.5 Å². The van der Waals surface area contributed by atoms with E-state index in [2.05, 4.69) is 48.0 Å². The first kappa shape index (κ1) is 22.8. The minimum absolute atomic E-state index is 0.424. The van der Waals surface area contributed by atoms with Gasteiger partial charge in [-0.05, 0) is 23.8 Å². The Morgan fingerprint density at radius 2 is 1.79 bits per heavy atom. The van der Waals surface area contributed by atoms with Gasteiger partial charge < -0.3 is 14.2 Å². The van der Waals surface area contributed by atoms with Crippen LogP contribution in [0.25, 0.3) is 0 Å². The first-order valence-corrected chi connectivity index (χ1v) is 14.2. The number of ether oxygens (including phenoxy) is 3. The van der Waals surface area contributed by atoms with Gasteiger partial charge in [-0.15, -0.1) is 0 Å². The van der Waals surface area contributed by atoms with Gasteiger partial charge in [0.2, 0.25) is 5.88 Å². The third-order valence-corrected chi connectivity index (χ3v) is 10.6. The number of nitrogens with zero attached hydrogens (tertiary/aromatic N) is 2. The maximum atomic E-state index is 5.74. The van der Waals surface area contributed by atoms with Gasteiger partial charge in [0.15, 0.2) is 5.75 Å². The Morgan fingerprint density at radius 1 is 1.14 bits per heavy atom. The zero-order chi connectivity index (χ0) is 20.7. The van der Waals surface area contributed by atoms with Gasteiger partial charge in [-0.1, -0.05) is 13.8 Å². The van der Waals surface area contributed by atoms with E-state index in [-0.39, 0.29) is 0 Å². The summed E-state index contributed by atoms with van der Waals surface area (Å²) in [5, 5.41) is 0. The Balaban J connectivity index is 0.000000221. The molecule has 3 rings (SSSR count). The van der Waals surface area contributed by atoms with Gasteiger partial charge in [0.25, 0.3) is 5.88 Å². The van der Waals surface area contributed by atoms with E-state index in [4.69, 9.17) is 20.1 Å². The van der Waals surface area contributed by atoms with Crippen LogP contribution < -0.4 is 23.6 Å². The molecule has 1 aromatic carbocycles. The molecule has 28 heavy (non-hydrogen) atoms. The van der Waals surface area contributed by atoms with Crippen molar-refractivity contribution >= 4 is 24.0 Å². The van der Waals surface area contributed by atoms with Crippen molar-refractivity contribution in [3.8, 4) is 17.5 Å². The molecule has 0 spiro atoms. The molecule has 1 heterocycles. The topological polar surface area (TPSA) is 69.8 Å². The van der Waals surface area contributed by atoms with E-state index in [1.807, 2.05) is 22.3 Å². The second kappa shape index (κ2) is 10.3. The van der Waals surface area contributed by atoms with Crippen LogP contribution in [0.3, 0.4) is 0 Å². The Labute approximate surface area is 176 Å². The number of benzene rings is 1. The summed E-state index contributed by atoms with van der Waals surface area (Å²) < 4.78 is 19.3. The monoisotopic (exact) mass is 495 g/mol. The molecule has 1 unspecified atom stereocenters. The Hall–Kier alpha value is -1.49. The van der Waals surface area contributed by atoms with E-state index in [1.165, 1.54) is 9.93 Å². The SMILES string of the molecule is COc1ccc(OCC2CC2(C)C)c(OC)n1.C[N](N)[Sb]([CH3])[c]1ccccc1. The van der Waals surface area contributed by atoms with Gasteiger partial charge in [-0.2, -0.15) is 4.98 Å². The van der Waals surface area contributed by atoms with Crippen molar-refractivity contribution in [1.29, 1.82) is 0 Å². The third kappa shape index (κ3) is 6.54. The summed E-state index contributed by atoms with van der Waals surface area (Å²) in [5.41, 5.74) is 0.424. The molecule has 1 fully saturated rings. The first-order valence-electron chi connectivity index (χ1n) is 9.27. The summed E-state index contributed by atoms with van der Waals surface area (Å²) in [5.74, 6) is 8.00. The van der Waals surface area contributed by atoms with E-state index in [0.29, 0.717) is 28.8 Å². The number of rotatable bonds is 7. The van der Waals surface area contributed by atoms with E-state index in [9.17, 15) is 0 Å². The number of aromatic nitrogens is 1. The number of hydrazine groups is 1. The van der Waals surface area contributed by atoms with Crippen LogP contribution in [0.15, 0.2) is 42.5 Å². The standard InChI is InChI=1S/C13H19NO3.C6H5.CH5N2.CH3.Sb/c1-13(2)7-9(13)8-17-10-5-6-11(15-3)14-12(10)16-4;1-2-4-6-5-3-1;1-3-2;;/h5-6,9H,7-8H2,1-4H3;1-5H;2H2,1H3;1H3;/q;;-1;;+1. The van der Waals surface area contributed by atoms with Gasteiger partial charge in [0.05, 0.1) is 20.8 Å². The number of pyridine rings is 1. The summed E-state index contributed by atoms with van der Waals surface area (Å²) in [6.07, 6.45) is 1.22. The molecular weight excluding hydrogens is 464 g/mol. The van der Waals surface area contributed by atoms with Crippen LogP contribution in [0.2, 0.25) is 4.87 Å². The molecule has 2 aromatic rings. The van der Waals surface area contributed by atoms with Crippen molar-refractivity contribution in [3.63, 3.8) is 0 Å². The van der Waals surface area contributed by atoms with Crippen molar-refractivity contribution in [2.45, 2.75) is 25.1 Å². The number of hydrogen-bond acceptors (Lipinski definition) is 6. The van der Waals surface area contributed by atoms with Crippen molar-refractivity contribution in [2.24, 2.45) is 17.2 Å². The Morgan fingerprint density at radius 3 is 2.29 bits per heavy atom. The average Bonchev–Trinajstić information content (AvgIpc) is 3.33. The predicted molar refractivity (Wildman–Crippen MR) is 114 cm³/mol. The van der Waals surface area contributed by atoms with Crippen molar-refractivity contribution in [3.05, 3.63) is 42.5 Å². The molecule has 1 aliphatic carbocycles. The Bertz CT molecular complexity index is 741. The van der Waals surface area contributed by atoms with Gasteiger partial charge in [0.1, 0.15) is 0 Å². The summed E-state index contributed by atoms with van der Waals surface area (Å²) in [7, 11) is 5.11. The molecule has 1 saturated carbocycles. The van der Waals surface area contributed by atoms with Crippen molar-refractivity contribution in [1.82, 2.24) is 8.15 Å². The van der Waals surface area contributed by atoms with E-state index in [0.717, 1.165) is 6.61 Å². The van der Waals surface area contributed by atoms with Crippen LogP contribution in [0.1, 0.15) is 20.3 Å². The third-order valence-electron chi connectivity index (χ3n) is 4.96. The molecule has 0 aliphatic heterocycles. The van der Waals surface area contributed by atoms with Crippen molar-refractivity contribution in [2.75, 3.05) is 27.9 Å². The molecular formula is C21H32N3O3Sb. The van der Waals surface area contributed by atoms with E-state index in [1.54, 1.807) is 20.3 Å². The Kier molecular flexibility index (Phi) is 8.41. The molecule has 0 amide bonds. The summed E-state index contributed by atoms with van der Waals surface area (Å²) in [4.78, 5) is 6.44. The molecule has 7 heteroatoms. The zero-order valence-electron chi connectivity index (χ0n) is 17.7. The number of methoxy groups -OCH3 is 2. The van der Waals surface area contributed by atoms with Crippen LogP contribution in [-0.4, -0.2) is 56.5 Å². The molecule has 0 bridgehead atoms. The second-order valence-electron chi connectivity index (χ2n) is 7.49. The fourth-order valence-corrected chi connectivity index (χ4v) is 5.42. The fourth-order valence-electron chi connectivity index (χ4n) is 2.66. The summed E-state index contributed by atoms with van der Waals surface area (Å²) >= 11 is -1.44. The van der Waals surface area contributed by atoms with Gasteiger partial charge in [-0.3, -0.25) is 0 Å². The molecule has 1 atom stereocenters. The number of nitrogens with two attached hydrogens (primary N) is 1.